The van der Waals surface area contributed by atoms with E-state index in [0.29, 0.717) is 13.0 Å². The van der Waals surface area contributed by atoms with Crippen LogP contribution in [0, 0.1) is 6.92 Å². The van der Waals surface area contributed by atoms with Gasteiger partial charge in [-0.3, -0.25) is 4.79 Å². The van der Waals surface area contributed by atoms with Crippen molar-refractivity contribution >= 4 is 16.9 Å². The molecule has 3 aromatic rings. The Bertz CT molecular complexity index is 902. The quantitative estimate of drug-likeness (QED) is 0.429. The van der Waals surface area contributed by atoms with E-state index in [-0.39, 0.29) is 18.5 Å². The van der Waals surface area contributed by atoms with Crippen LogP contribution in [0.2, 0.25) is 0 Å². The highest BCUT2D eigenvalue weighted by molar-refractivity contribution is 5.83. The molecule has 0 spiro atoms. The molecule has 2 aromatic carbocycles. The fourth-order valence-electron chi connectivity index (χ4n) is 3.63. The number of fused-ring (bicyclic) bond motifs is 1. The van der Waals surface area contributed by atoms with Crippen molar-refractivity contribution in [3.05, 3.63) is 71.4 Å². The van der Waals surface area contributed by atoms with Gasteiger partial charge in [0, 0.05) is 42.1 Å². The molecule has 0 radical (unpaired) electrons. The summed E-state index contributed by atoms with van der Waals surface area (Å²) in [6.45, 7) is 2.60. The van der Waals surface area contributed by atoms with E-state index >= 15 is 0 Å². The zero-order valence-corrected chi connectivity index (χ0v) is 16.3. The number of carboxylic acid groups (broad SMARTS) is 1. The SMILES string of the molecule is Cc1ccc(CCC(CN)N[C@H](CCC(=O)O)c2c[nH]c3ccccc23)cc1. The first-order valence-corrected chi connectivity index (χ1v) is 9.86. The van der Waals surface area contributed by atoms with Gasteiger partial charge in [-0.1, -0.05) is 48.0 Å². The van der Waals surface area contributed by atoms with Crippen LogP contribution in [0.25, 0.3) is 10.9 Å². The van der Waals surface area contributed by atoms with Crippen molar-refractivity contribution < 1.29 is 9.90 Å². The van der Waals surface area contributed by atoms with Gasteiger partial charge in [0.2, 0.25) is 0 Å². The molecule has 0 bridgehead atoms. The van der Waals surface area contributed by atoms with Crippen LogP contribution in [0.1, 0.15) is 42.0 Å². The van der Waals surface area contributed by atoms with E-state index in [2.05, 4.69) is 47.6 Å². The Balaban J connectivity index is 1.73. The third-order valence-corrected chi connectivity index (χ3v) is 5.27. The van der Waals surface area contributed by atoms with E-state index < -0.39 is 5.97 Å². The predicted octanol–water partition coefficient (Wildman–Crippen LogP) is 3.93. The molecular formula is C23H29N3O2. The molecule has 5 heteroatoms. The fraction of sp³-hybridized carbons (Fsp3) is 0.348. The zero-order chi connectivity index (χ0) is 19.9. The minimum absolute atomic E-state index is 0.0567. The number of nitrogens with one attached hydrogen (secondary N) is 2. The number of hydrogen-bond donors (Lipinski definition) is 4. The van der Waals surface area contributed by atoms with Gasteiger partial charge in [-0.25, -0.2) is 0 Å². The van der Waals surface area contributed by atoms with Gasteiger partial charge in [-0.2, -0.15) is 0 Å². The molecule has 3 rings (SSSR count). The minimum Gasteiger partial charge on any atom is -0.481 e. The molecule has 0 amide bonds. The van der Waals surface area contributed by atoms with Gasteiger partial charge in [-0.05, 0) is 43.4 Å². The third-order valence-electron chi connectivity index (χ3n) is 5.27. The van der Waals surface area contributed by atoms with E-state index in [9.17, 15) is 9.90 Å². The number of hydrogen-bond acceptors (Lipinski definition) is 3. The Morgan fingerprint density at radius 2 is 1.89 bits per heavy atom. The molecule has 28 heavy (non-hydrogen) atoms. The summed E-state index contributed by atoms with van der Waals surface area (Å²) in [5, 5.41) is 13.9. The average molecular weight is 380 g/mol. The molecule has 0 saturated heterocycles. The van der Waals surface area contributed by atoms with Crippen LogP contribution in [0.15, 0.2) is 54.7 Å². The largest absolute Gasteiger partial charge is 0.481 e. The first-order chi connectivity index (χ1) is 13.6. The van der Waals surface area contributed by atoms with Crippen LogP contribution in [-0.2, 0) is 11.2 Å². The third kappa shape index (κ3) is 5.21. The van der Waals surface area contributed by atoms with Crippen molar-refractivity contribution in [2.24, 2.45) is 5.73 Å². The van der Waals surface area contributed by atoms with Crippen LogP contribution < -0.4 is 11.1 Å². The maximum Gasteiger partial charge on any atom is 0.303 e. The Labute approximate surface area is 166 Å². The maximum atomic E-state index is 11.2. The highest BCUT2D eigenvalue weighted by Gasteiger charge is 2.20. The highest BCUT2D eigenvalue weighted by Crippen LogP contribution is 2.28. The van der Waals surface area contributed by atoms with E-state index in [1.165, 1.54) is 11.1 Å². The first kappa shape index (κ1) is 20.1. The lowest BCUT2D eigenvalue weighted by atomic mass is 9.98. The zero-order valence-electron chi connectivity index (χ0n) is 16.3. The summed E-state index contributed by atoms with van der Waals surface area (Å²) in [7, 11) is 0. The average Bonchev–Trinajstić information content (AvgIpc) is 3.13. The number of H-pyrrole nitrogens is 1. The molecule has 148 valence electrons. The second-order valence-corrected chi connectivity index (χ2v) is 7.40. The number of rotatable bonds is 10. The number of aliphatic carboxylic acids is 1. The molecule has 5 N–H and O–H groups in total. The monoisotopic (exact) mass is 379 g/mol. The fourth-order valence-corrected chi connectivity index (χ4v) is 3.63. The number of nitrogens with two attached hydrogens (primary N) is 1. The normalized spacial score (nSPS) is 13.5. The number of para-hydroxylation sites is 1. The van der Waals surface area contributed by atoms with Gasteiger partial charge in [0.15, 0.2) is 0 Å². The standard InChI is InChI=1S/C23H29N3O2/c1-16-6-8-17(9-7-16)10-11-18(14-24)26-22(12-13-23(27)28)20-15-25-21-5-3-2-4-19(20)21/h2-9,15,18,22,25-26H,10-14,24H2,1H3,(H,27,28)/t18?,22-/m1/s1. The van der Waals surface area contributed by atoms with Crippen LogP contribution in [0.5, 0.6) is 0 Å². The lowest BCUT2D eigenvalue weighted by Gasteiger charge is -2.25. The van der Waals surface area contributed by atoms with Crippen molar-refractivity contribution in [1.82, 2.24) is 10.3 Å². The predicted molar refractivity (Wildman–Crippen MR) is 113 cm³/mol. The van der Waals surface area contributed by atoms with Crippen LogP contribution >= 0.6 is 0 Å². The van der Waals surface area contributed by atoms with E-state index in [1.807, 2.05) is 24.4 Å². The molecule has 0 aliphatic carbocycles. The minimum atomic E-state index is -0.782. The summed E-state index contributed by atoms with van der Waals surface area (Å²) < 4.78 is 0. The summed E-state index contributed by atoms with van der Waals surface area (Å²) in [4.78, 5) is 14.5. The van der Waals surface area contributed by atoms with Gasteiger partial charge >= 0.3 is 5.97 Å². The molecule has 5 nitrogen and oxygen atoms in total. The van der Waals surface area contributed by atoms with Crippen molar-refractivity contribution in [2.75, 3.05) is 6.54 Å². The van der Waals surface area contributed by atoms with E-state index in [0.717, 1.165) is 29.3 Å². The van der Waals surface area contributed by atoms with Crippen molar-refractivity contribution in [3.63, 3.8) is 0 Å². The van der Waals surface area contributed by atoms with Gasteiger partial charge < -0.3 is 21.1 Å². The summed E-state index contributed by atoms with van der Waals surface area (Å²) in [5.41, 5.74) is 10.8. The Morgan fingerprint density at radius 1 is 1.14 bits per heavy atom. The number of carboxylic acids is 1. The lowest BCUT2D eigenvalue weighted by Crippen LogP contribution is -2.39. The molecule has 0 saturated carbocycles. The van der Waals surface area contributed by atoms with Gasteiger partial charge in [0.1, 0.15) is 0 Å². The number of carbonyl (C=O) groups is 1. The Hall–Kier alpha value is -2.63. The first-order valence-electron chi connectivity index (χ1n) is 9.86. The molecule has 2 atom stereocenters. The summed E-state index contributed by atoms with van der Waals surface area (Å²) in [6.07, 6.45) is 4.47. The molecule has 1 heterocycles. The van der Waals surface area contributed by atoms with Gasteiger partial charge in [-0.15, -0.1) is 0 Å². The second-order valence-electron chi connectivity index (χ2n) is 7.40. The van der Waals surface area contributed by atoms with Gasteiger partial charge in [0.05, 0.1) is 0 Å². The van der Waals surface area contributed by atoms with Crippen molar-refractivity contribution in [1.29, 1.82) is 0 Å². The van der Waals surface area contributed by atoms with Crippen molar-refractivity contribution in [3.8, 4) is 0 Å². The van der Waals surface area contributed by atoms with E-state index in [1.54, 1.807) is 0 Å². The van der Waals surface area contributed by atoms with Crippen LogP contribution in [0.3, 0.4) is 0 Å². The summed E-state index contributed by atoms with van der Waals surface area (Å²) in [5.74, 6) is -0.782. The molecule has 1 unspecified atom stereocenters. The molecule has 0 aliphatic heterocycles. The number of aryl methyl sites for hydroxylation is 2. The Morgan fingerprint density at radius 3 is 2.61 bits per heavy atom. The summed E-state index contributed by atoms with van der Waals surface area (Å²) in [6, 6.07) is 16.7. The maximum absolute atomic E-state index is 11.2. The smallest absolute Gasteiger partial charge is 0.303 e. The number of aromatic nitrogens is 1. The summed E-state index contributed by atoms with van der Waals surface area (Å²) >= 11 is 0. The molecule has 0 fully saturated rings. The second kappa shape index (κ2) is 9.53. The van der Waals surface area contributed by atoms with Gasteiger partial charge in [0.25, 0.3) is 0 Å². The Kier molecular flexibility index (Phi) is 6.85. The topological polar surface area (TPSA) is 91.1 Å². The number of aromatic amines is 1. The lowest BCUT2D eigenvalue weighted by molar-refractivity contribution is -0.137. The molecule has 1 aromatic heterocycles. The molecule has 0 aliphatic rings. The van der Waals surface area contributed by atoms with Crippen molar-refractivity contribution in [2.45, 2.75) is 44.7 Å². The molecular weight excluding hydrogens is 350 g/mol. The van der Waals surface area contributed by atoms with Crippen LogP contribution in [-0.4, -0.2) is 28.6 Å². The van der Waals surface area contributed by atoms with E-state index in [4.69, 9.17) is 5.73 Å². The number of benzene rings is 2. The van der Waals surface area contributed by atoms with Crippen LogP contribution in [0.4, 0.5) is 0 Å². The highest BCUT2D eigenvalue weighted by atomic mass is 16.4.